The maximum atomic E-state index is 6.11. The number of aryl methyl sites for hydroxylation is 2. The first kappa shape index (κ1) is 12.9. The molecule has 1 aromatic heterocycles. The summed E-state index contributed by atoms with van der Waals surface area (Å²) in [5.74, 6) is 0. The molecule has 0 saturated carbocycles. The number of halogens is 1. The molecule has 2 rings (SSSR count). The van der Waals surface area contributed by atoms with Crippen molar-refractivity contribution < 1.29 is 0 Å². The minimum atomic E-state index is 0.200. The van der Waals surface area contributed by atoms with Gasteiger partial charge in [-0.05, 0) is 43.5 Å². The molecule has 0 saturated heterocycles. The number of nitrogens with zero attached hydrogens (tertiary/aromatic N) is 1. The molecule has 0 bridgehead atoms. The molecule has 1 aromatic carbocycles. The van der Waals surface area contributed by atoms with E-state index in [-0.39, 0.29) is 6.04 Å². The molecule has 0 aliphatic carbocycles. The zero-order valence-electron chi connectivity index (χ0n) is 10.9. The summed E-state index contributed by atoms with van der Waals surface area (Å²) in [7, 11) is 0. The van der Waals surface area contributed by atoms with Gasteiger partial charge >= 0.3 is 0 Å². The van der Waals surface area contributed by atoms with Crippen LogP contribution in [-0.2, 0) is 0 Å². The predicted octanol–water partition coefficient (Wildman–Crippen LogP) is 4.52. The van der Waals surface area contributed by atoms with Crippen LogP contribution >= 0.6 is 11.6 Å². The van der Waals surface area contributed by atoms with E-state index in [1.807, 2.05) is 0 Å². The third-order valence-electron chi connectivity index (χ3n) is 3.17. The van der Waals surface area contributed by atoms with Gasteiger partial charge in [0.2, 0.25) is 0 Å². The van der Waals surface area contributed by atoms with E-state index in [4.69, 9.17) is 11.6 Å². The predicted molar refractivity (Wildman–Crippen MR) is 77.2 cm³/mol. The van der Waals surface area contributed by atoms with E-state index in [0.29, 0.717) is 5.02 Å². The lowest BCUT2D eigenvalue weighted by atomic mass is 10.0. The average Bonchev–Trinajstić information content (AvgIpc) is 2.35. The first-order chi connectivity index (χ1) is 8.58. The lowest BCUT2D eigenvalue weighted by Gasteiger charge is -2.17. The quantitative estimate of drug-likeness (QED) is 0.877. The summed E-state index contributed by atoms with van der Waals surface area (Å²) in [4.78, 5) is 4.08. The first-order valence-corrected chi connectivity index (χ1v) is 6.39. The Morgan fingerprint density at radius 3 is 2.61 bits per heavy atom. The van der Waals surface area contributed by atoms with Crippen molar-refractivity contribution in [3.05, 3.63) is 58.4 Å². The third-order valence-corrected chi connectivity index (χ3v) is 3.50. The molecule has 1 N–H and O–H groups in total. The van der Waals surface area contributed by atoms with E-state index >= 15 is 0 Å². The van der Waals surface area contributed by atoms with Crippen molar-refractivity contribution in [2.75, 3.05) is 5.32 Å². The summed E-state index contributed by atoms with van der Waals surface area (Å²) >= 11 is 6.11. The molecule has 0 radical (unpaired) electrons. The summed E-state index contributed by atoms with van der Waals surface area (Å²) in [6.07, 6.45) is 3.44. The Bertz CT molecular complexity index is 552. The van der Waals surface area contributed by atoms with Crippen LogP contribution in [0.25, 0.3) is 0 Å². The Kier molecular flexibility index (Phi) is 3.87. The summed E-state index contributed by atoms with van der Waals surface area (Å²) in [5, 5.41) is 4.07. The molecule has 0 aliphatic heterocycles. The van der Waals surface area contributed by atoms with Gasteiger partial charge in [-0.15, -0.1) is 0 Å². The van der Waals surface area contributed by atoms with Gasteiger partial charge in [0.15, 0.2) is 0 Å². The number of anilines is 1. The summed E-state index contributed by atoms with van der Waals surface area (Å²) in [5.41, 5.74) is 4.73. The highest BCUT2D eigenvalue weighted by molar-refractivity contribution is 6.33. The zero-order valence-corrected chi connectivity index (χ0v) is 11.6. The van der Waals surface area contributed by atoms with Crippen LogP contribution in [0.4, 0.5) is 5.69 Å². The second-order valence-corrected chi connectivity index (χ2v) is 4.97. The van der Waals surface area contributed by atoms with Gasteiger partial charge in [0, 0.05) is 12.2 Å². The summed E-state index contributed by atoms with van der Waals surface area (Å²) < 4.78 is 0. The fraction of sp³-hybridized carbons (Fsp3) is 0.267. The molecule has 0 fully saturated rings. The van der Waals surface area contributed by atoms with Crippen molar-refractivity contribution in [2.45, 2.75) is 26.8 Å². The van der Waals surface area contributed by atoms with Crippen LogP contribution in [0.3, 0.4) is 0 Å². The fourth-order valence-corrected chi connectivity index (χ4v) is 1.99. The number of hydrogen-bond donors (Lipinski definition) is 1. The second-order valence-electron chi connectivity index (χ2n) is 4.57. The molecule has 1 heterocycles. The van der Waals surface area contributed by atoms with Crippen LogP contribution in [-0.4, -0.2) is 4.98 Å². The molecule has 0 amide bonds. The molecule has 1 unspecified atom stereocenters. The minimum absolute atomic E-state index is 0.200. The molecule has 0 spiro atoms. The van der Waals surface area contributed by atoms with Crippen LogP contribution in [0.15, 0.2) is 36.7 Å². The van der Waals surface area contributed by atoms with E-state index < -0.39 is 0 Å². The highest BCUT2D eigenvalue weighted by atomic mass is 35.5. The minimum Gasteiger partial charge on any atom is -0.376 e. The van der Waals surface area contributed by atoms with Crippen molar-refractivity contribution in [2.24, 2.45) is 0 Å². The Labute approximate surface area is 113 Å². The number of nitrogens with one attached hydrogen (secondary N) is 1. The van der Waals surface area contributed by atoms with Gasteiger partial charge in [0.05, 0.1) is 16.9 Å². The Balaban J connectivity index is 2.19. The van der Waals surface area contributed by atoms with E-state index in [1.54, 1.807) is 18.5 Å². The van der Waals surface area contributed by atoms with Gasteiger partial charge in [-0.3, -0.25) is 4.98 Å². The van der Waals surface area contributed by atoms with Crippen LogP contribution in [0.5, 0.6) is 0 Å². The molecule has 1 atom stereocenters. The number of pyridine rings is 1. The van der Waals surface area contributed by atoms with Gasteiger partial charge in [-0.1, -0.05) is 29.8 Å². The van der Waals surface area contributed by atoms with Gasteiger partial charge in [0.25, 0.3) is 0 Å². The van der Waals surface area contributed by atoms with Crippen LogP contribution < -0.4 is 5.32 Å². The van der Waals surface area contributed by atoms with Gasteiger partial charge in [0.1, 0.15) is 0 Å². The highest BCUT2D eigenvalue weighted by Crippen LogP contribution is 2.25. The van der Waals surface area contributed by atoms with Crippen molar-refractivity contribution in [3.8, 4) is 0 Å². The Hall–Kier alpha value is -1.54. The standard InChI is InChI=1S/C15H17ClN2/c1-10-4-5-13(8-11(10)2)12(3)18-15-9-17-7-6-14(15)16/h4-9,12,18H,1-3H3. The lowest BCUT2D eigenvalue weighted by Crippen LogP contribution is -2.07. The number of rotatable bonds is 3. The van der Waals surface area contributed by atoms with Gasteiger partial charge in [-0.2, -0.15) is 0 Å². The maximum Gasteiger partial charge on any atom is 0.0720 e. The van der Waals surface area contributed by atoms with E-state index in [9.17, 15) is 0 Å². The molecule has 2 aromatic rings. The van der Waals surface area contributed by atoms with Crippen LogP contribution in [0, 0.1) is 13.8 Å². The SMILES string of the molecule is Cc1ccc(C(C)Nc2cnccc2Cl)cc1C. The molecule has 94 valence electrons. The molecule has 2 nitrogen and oxygen atoms in total. The first-order valence-electron chi connectivity index (χ1n) is 6.01. The maximum absolute atomic E-state index is 6.11. The molecule has 18 heavy (non-hydrogen) atoms. The number of benzene rings is 1. The second kappa shape index (κ2) is 5.40. The van der Waals surface area contributed by atoms with E-state index in [0.717, 1.165) is 5.69 Å². The highest BCUT2D eigenvalue weighted by Gasteiger charge is 2.08. The lowest BCUT2D eigenvalue weighted by molar-refractivity contribution is 0.880. The van der Waals surface area contributed by atoms with Crippen LogP contribution in [0.1, 0.15) is 29.7 Å². The third kappa shape index (κ3) is 2.82. The topological polar surface area (TPSA) is 24.9 Å². The van der Waals surface area contributed by atoms with Gasteiger partial charge < -0.3 is 5.32 Å². The monoisotopic (exact) mass is 260 g/mol. The smallest absolute Gasteiger partial charge is 0.0720 e. The van der Waals surface area contributed by atoms with Crippen molar-refractivity contribution in [1.29, 1.82) is 0 Å². The Morgan fingerprint density at radius 2 is 1.94 bits per heavy atom. The molecule has 3 heteroatoms. The number of hydrogen-bond acceptors (Lipinski definition) is 2. The number of aromatic nitrogens is 1. The van der Waals surface area contributed by atoms with Crippen molar-refractivity contribution in [3.63, 3.8) is 0 Å². The Morgan fingerprint density at radius 1 is 1.17 bits per heavy atom. The zero-order chi connectivity index (χ0) is 13.1. The summed E-state index contributed by atoms with van der Waals surface area (Å²) in [6, 6.07) is 8.48. The van der Waals surface area contributed by atoms with Crippen LogP contribution in [0.2, 0.25) is 5.02 Å². The van der Waals surface area contributed by atoms with Gasteiger partial charge in [-0.25, -0.2) is 0 Å². The summed E-state index contributed by atoms with van der Waals surface area (Å²) in [6.45, 7) is 6.37. The normalized spacial score (nSPS) is 12.2. The molecular formula is C15H17ClN2. The van der Waals surface area contributed by atoms with E-state index in [2.05, 4.69) is 49.3 Å². The van der Waals surface area contributed by atoms with Crippen molar-refractivity contribution >= 4 is 17.3 Å². The van der Waals surface area contributed by atoms with E-state index in [1.165, 1.54) is 16.7 Å². The average molecular weight is 261 g/mol. The molecule has 0 aliphatic rings. The fourth-order valence-electron chi connectivity index (χ4n) is 1.83. The largest absolute Gasteiger partial charge is 0.376 e. The molecular weight excluding hydrogens is 244 g/mol. The van der Waals surface area contributed by atoms with Crippen molar-refractivity contribution in [1.82, 2.24) is 4.98 Å².